The molecular weight excluding hydrogens is 347 g/mol. The molecule has 0 aliphatic carbocycles. The molecule has 0 saturated carbocycles. The SMILES string of the molecule is O=C(CO/N=C/c1cccc(F)c1)N1c2ccccc2Oc2ccccc21. The molecule has 0 aromatic heterocycles. The summed E-state index contributed by atoms with van der Waals surface area (Å²) in [6, 6.07) is 20.5. The fourth-order valence-electron chi connectivity index (χ4n) is 2.82. The average molecular weight is 362 g/mol. The fraction of sp³-hybridized carbons (Fsp3) is 0.0476. The van der Waals surface area contributed by atoms with Crippen molar-refractivity contribution in [3.63, 3.8) is 0 Å². The van der Waals surface area contributed by atoms with Gasteiger partial charge in [-0.25, -0.2) is 4.39 Å². The summed E-state index contributed by atoms with van der Waals surface area (Å²) in [6.07, 6.45) is 1.36. The molecule has 4 rings (SSSR count). The first-order valence-electron chi connectivity index (χ1n) is 8.32. The largest absolute Gasteiger partial charge is 0.453 e. The summed E-state index contributed by atoms with van der Waals surface area (Å²) in [6.45, 7) is -0.269. The van der Waals surface area contributed by atoms with Crippen LogP contribution >= 0.6 is 0 Å². The number of hydrogen-bond acceptors (Lipinski definition) is 4. The van der Waals surface area contributed by atoms with Crippen molar-refractivity contribution in [2.24, 2.45) is 5.16 Å². The molecule has 1 amide bonds. The monoisotopic (exact) mass is 362 g/mol. The summed E-state index contributed by atoms with van der Waals surface area (Å²) in [5, 5.41) is 3.76. The summed E-state index contributed by atoms with van der Waals surface area (Å²) < 4.78 is 19.0. The number of carbonyl (C=O) groups excluding carboxylic acids is 1. The molecule has 0 bridgehead atoms. The minimum Gasteiger partial charge on any atom is -0.453 e. The Labute approximate surface area is 155 Å². The highest BCUT2D eigenvalue weighted by Gasteiger charge is 2.28. The number of rotatable bonds is 4. The third kappa shape index (κ3) is 3.50. The van der Waals surface area contributed by atoms with Gasteiger partial charge in [0.15, 0.2) is 18.1 Å². The van der Waals surface area contributed by atoms with Crippen LogP contribution < -0.4 is 9.64 Å². The highest BCUT2D eigenvalue weighted by atomic mass is 19.1. The van der Waals surface area contributed by atoms with Crippen molar-refractivity contribution in [3.8, 4) is 11.5 Å². The molecule has 1 aliphatic heterocycles. The minimum absolute atomic E-state index is 0.269. The quantitative estimate of drug-likeness (QED) is 0.502. The highest BCUT2D eigenvalue weighted by molar-refractivity contribution is 6.05. The zero-order valence-corrected chi connectivity index (χ0v) is 14.2. The van der Waals surface area contributed by atoms with E-state index < -0.39 is 0 Å². The first-order valence-corrected chi connectivity index (χ1v) is 8.32. The van der Waals surface area contributed by atoms with E-state index >= 15 is 0 Å². The van der Waals surface area contributed by atoms with E-state index in [1.54, 1.807) is 41.3 Å². The van der Waals surface area contributed by atoms with Crippen molar-refractivity contribution in [1.29, 1.82) is 0 Å². The van der Waals surface area contributed by atoms with Gasteiger partial charge in [0.05, 0.1) is 17.6 Å². The Balaban J connectivity index is 1.52. The first-order chi connectivity index (χ1) is 13.2. The molecule has 1 aliphatic rings. The van der Waals surface area contributed by atoms with E-state index in [-0.39, 0.29) is 18.3 Å². The second kappa shape index (κ2) is 7.29. The molecule has 5 nitrogen and oxygen atoms in total. The average Bonchev–Trinajstić information content (AvgIpc) is 2.69. The number of ether oxygens (including phenoxy) is 1. The molecule has 6 heteroatoms. The van der Waals surface area contributed by atoms with Crippen LogP contribution in [0.1, 0.15) is 5.56 Å². The Kier molecular flexibility index (Phi) is 4.53. The lowest BCUT2D eigenvalue weighted by Crippen LogP contribution is -2.31. The van der Waals surface area contributed by atoms with Gasteiger partial charge in [-0.3, -0.25) is 9.69 Å². The van der Waals surface area contributed by atoms with Crippen LogP contribution in [0.3, 0.4) is 0 Å². The molecule has 0 unspecified atom stereocenters. The molecule has 0 fully saturated rings. The zero-order chi connectivity index (χ0) is 18.6. The lowest BCUT2D eigenvalue weighted by Gasteiger charge is -2.30. The van der Waals surface area contributed by atoms with Crippen molar-refractivity contribution in [3.05, 3.63) is 84.2 Å². The molecule has 0 N–H and O–H groups in total. The predicted molar refractivity (Wildman–Crippen MR) is 100 cm³/mol. The number of fused-ring (bicyclic) bond motifs is 2. The molecule has 3 aromatic carbocycles. The Morgan fingerprint density at radius 3 is 2.33 bits per heavy atom. The number of carbonyl (C=O) groups is 1. The van der Waals surface area contributed by atoms with Crippen molar-refractivity contribution in [2.45, 2.75) is 0 Å². The van der Waals surface area contributed by atoms with E-state index in [1.165, 1.54) is 18.3 Å². The molecule has 1 heterocycles. The number of hydrogen-bond donors (Lipinski definition) is 0. The molecular formula is C21H15FN2O3. The fourth-order valence-corrected chi connectivity index (χ4v) is 2.82. The van der Waals surface area contributed by atoms with Crippen molar-refractivity contribution in [2.75, 3.05) is 11.5 Å². The third-order valence-electron chi connectivity index (χ3n) is 3.99. The van der Waals surface area contributed by atoms with Crippen molar-refractivity contribution < 1.29 is 18.8 Å². The van der Waals surface area contributed by atoms with Gasteiger partial charge in [0.25, 0.3) is 5.91 Å². The molecule has 0 atom stereocenters. The van der Waals surface area contributed by atoms with Crippen molar-refractivity contribution >= 4 is 23.5 Å². The van der Waals surface area contributed by atoms with Crippen LogP contribution in [-0.4, -0.2) is 18.7 Å². The van der Waals surface area contributed by atoms with Gasteiger partial charge in [0.2, 0.25) is 0 Å². The van der Waals surface area contributed by atoms with Gasteiger partial charge >= 0.3 is 0 Å². The molecule has 0 spiro atoms. The number of anilines is 2. The summed E-state index contributed by atoms with van der Waals surface area (Å²) in [5.74, 6) is 0.520. The van der Waals surface area contributed by atoms with Crippen LogP contribution in [0.15, 0.2) is 78.0 Å². The Bertz CT molecular complexity index is 974. The number of nitrogens with zero attached hydrogens (tertiary/aromatic N) is 2. The van der Waals surface area contributed by atoms with Crippen molar-refractivity contribution in [1.82, 2.24) is 0 Å². The van der Waals surface area contributed by atoms with E-state index in [2.05, 4.69) is 5.16 Å². The maximum Gasteiger partial charge on any atom is 0.272 e. The molecule has 0 saturated heterocycles. The van der Waals surface area contributed by atoms with Crippen LogP contribution in [0.2, 0.25) is 0 Å². The zero-order valence-electron chi connectivity index (χ0n) is 14.2. The maximum atomic E-state index is 13.2. The second-order valence-electron chi connectivity index (χ2n) is 5.83. The molecule has 0 radical (unpaired) electrons. The topological polar surface area (TPSA) is 51.1 Å². The Morgan fingerprint density at radius 1 is 1.00 bits per heavy atom. The van der Waals surface area contributed by atoms with E-state index in [0.717, 1.165) is 0 Å². The van der Waals surface area contributed by atoms with Crippen LogP contribution in [-0.2, 0) is 9.63 Å². The maximum absolute atomic E-state index is 13.2. The van der Waals surface area contributed by atoms with Gasteiger partial charge in [-0.15, -0.1) is 0 Å². The summed E-state index contributed by atoms with van der Waals surface area (Å²) in [5.41, 5.74) is 1.82. The normalized spacial score (nSPS) is 12.3. The van der Waals surface area contributed by atoms with Crippen LogP contribution in [0, 0.1) is 5.82 Å². The van der Waals surface area contributed by atoms with Gasteiger partial charge in [-0.2, -0.15) is 0 Å². The Hall–Kier alpha value is -3.67. The van der Waals surface area contributed by atoms with Crippen LogP contribution in [0.4, 0.5) is 15.8 Å². The molecule has 134 valence electrons. The van der Waals surface area contributed by atoms with Gasteiger partial charge in [0.1, 0.15) is 5.82 Å². The summed E-state index contributed by atoms with van der Waals surface area (Å²) in [7, 11) is 0. The molecule has 27 heavy (non-hydrogen) atoms. The van der Waals surface area contributed by atoms with E-state index in [0.29, 0.717) is 28.4 Å². The first kappa shape index (κ1) is 16.8. The van der Waals surface area contributed by atoms with Crippen LogP contribution in [0.5, 0.6) is 11.5 Å². The van der Waals surface area contributed by atoms with E-state index in [4.69, 9.17) is 9.57 Å². The summed E-state index contributed by atoms with van der Waals surface area (Å²) >= 11 is 0. The highest BCUT2D eigenvalue weighted by Crippen LogP contribution is 2.46. The van der Waals surface area contributed by atoms with Gasteiger partial charge in [-0.05, 0) is 42.0 Å². The van der Waals surface area contributed by atoms with E-state index in [1.807, 2.05) is 24.3 Å². The number of amides is 1. The minimum atomic E-state index is -0.364. The standard InChI is InChI=1S/C21H15FN2O3/c22-16-7-5-6-15(12-16)13-23-26-14-21(25)24-17-8-1-3-10-19(17)27-20-11-4-2-9-18(20)24/h1-13H,14H2/b23-13+. The number of halogens is 1. The Morgan fingerprint density at radius 2 is 1.67 bits per heavy atom. The lowest BCUT2D eigenvalue weighted by molar-refractivity contribution is -0.122. The molecule has 3 aromatic rings. The van der Waals surface area contributed by atoms with Gasteiger partial charge in [-0.1, -0.05) is 41.6 Å². The van der Waals surface area contributed by atoms with Gasteiger partial charge in [0, 0.05) is 0 Å². The number of para-hydroxylation sites is 4. The predicted octanol–water partition coefficient (Wildman–Crippen LogP) is 4.65. The number of oxime groups is 1. The summed E-state index contributed by atoms with van der Waals surface area (Å²) in [4.78, 5) is 19.5. The third-order valence-corrected chi connectivity index (χ3v) is 3.99. The second-order valence-corrected chi connectivity index (χ2v) is 5.83. The lowest BCUT2D eigenvalue weighted by atomic mass is 10.1. The number of benzene rings is 3. The van der Waals surface area contributed by atoms with Gasteiger partial charge < -0.3 is 9.57 Å². The van der Waals surface area contributed by atoms with E-state index in [9.17, 15) is 9.18 Å². The smallest absolute Gasteiger partial charge is 0.272 e. The van der Waals surface area contributed by atoms with Crippen LogP contribution in [0.25, 0.3) is 0 Å².